The van der Waals surface area contributed by atoms with Crippen LogP contribution in [0, 0.1) is 11.8 Å². The van der Waals surface area contributed by atoms with Crippen LogP contribution in [0.5, 0.6) is 0 Å². The molecule has 2 saturated heterocycles. The van der Waals surface area contributed by atoms with E-state index in [1.165, 1.54) is 18.4 Å². The molecule has 5 nitrogen and oxygen atoms in total. The zero-order chi connectivity index (χ0) is 18.1. The van der Waals surface area contributed by atoms with Crippen LogP contribution in [0.15, 0.2) is 11.6 Å². The fourth-order valence-electron chi connectivity index (χ4n) is 5.39. The second-order valence-electron chi connectivity index (χ2n) is 8.50. The number of likely N-dealkylation sites (tertiary alicyclic amines) is 2. The summed E-state index contributed by atoms with van der Waals surface area (Å²) in [6, 6.07) is 0.0991. The molecule has 0 N–H and O–H groups in total. The Morgan fingerprint density at radius 1 is 1.04 bits per heavy atom. The molecule has 0 radical (unpaired) electrons. The Balaban J connectivity index is 1.28. The number of carbonyl (C=O) groups excluding carboxylic acids is 3. The largest absolute Gasteiger partial charge is 0.339 e. The van der Waals surface area contributed by atoms with Gasteiger partial charge in [0, 0.05) is 51.4 Å². The van der Waals surface area contributed by atoms with Gasteiger partial charge < -0.3 is 9.80 Å². The van der Waals surface area contributed by atoms with E-state index in [0.717, 1.165) is 45.3 Å². The maximum atomic E-state index is 12.7. The molecule has 0 aromatic carbocycles. The molecule has 0 aromatic rings. The SMILES string of the molecule is O=C1CCC2CCN(C(=O)CCC(=O)N3CCC4CCCC=C4C3)C2C1. The zero-order valence-electron chi connectivity index (χ0n) is 15.6. The van der Waals surface area contributed by atoms with Crippen LogP contribution < -0.4 is 0 Å². The van der Waals surface area contributed by atoms with Crippen molar-refractivity contribution in [1.29, 1.82) is 0 Å². The fraction of sp³-hybridized carbons (Fsp3) is 0.762. The van der Waals surface area contributed by atoms with Crippen molar-refractivity contribution in [3.8, 4) is 0 Å². The van der Waals surface area contributed by atoms with Gasteiger partial charge in [0.25, 0.3) is 0 Å². The van der Waals surface area contributed by atoms with Gasteiger partial charge in [-0.15, -0.1) is 0 Å². The van der Waals surface area contributed by atoms with E-state index in [1.807, 2.05) is 9.80 Å². The summed E-state index contributed by atoms with van der Waals surface area (Å²) >= 11 is 0. The van der Waals surface area contributed by atoms with Gasteiger partial charge in [0.05, 0.1) is 0 Å². The molecule has 3 fully saturated rings. The smallest absolute Gasteiger partial charge is 0.223 e. The molecule has 3 unspecified atom stereocenters. The third-order valence-electron chi connectivity index (χ3n) is 6.95. The molecule has 3 atom stereocenters. The third-order valence-corrected chi connectivity index (χ3v) is 6.95. The number of hydrogen-bond donors (Lipinski definition) is 0. The van der Waals surface area contributed by atoms with E-state index >= 15 is 0 Å². The van der Waals surface area contributed by atoms with Gasteiger partial charge in [-0.05, 0) is 50.4 Å². The average molecular weight is 358 g/mol. The Kier molecular flexibility index (Phi) is 5.14. The van der Waals surface area contributed by atoms with Crippen LogP contribution in [0.2, 0.25) is 0 Å². The summed E-state index contributed by atoms with van der Waals surface area (Å²) in [5.41, 5.74) is 1.44. The van der Waals surface area contributed by atoms with Crippen molar-refractivity contribution in [3.05, 3.63) is 11.6 Å². The molecule has 0 spiro atoms. The van der Waals surface area contributed by atoms with Crippen molar-refractivity contribution >= 4 is 17.6 Å². The standard InChI is InChI=1S/C21H30N2O3/c24-18-6-5-16-10-12-23(19(16)13-18)21(26)8-7-20(25)22-11-9-15-3-1-2-4-17(15)14-22/h4,15-16,19H,1-3,5-14H2. The summed E-state index contributed by atoms with van der Waals surface area (Å²) in [5, 5.41) is 0. The molecule has 4 rings (SSSR count). The minimum atomic E-state index is 0.0623. The maximum Gasteiger partial charge on any atom is 0.223 e. The van der Waals surface area contributed by atoms with Crippen LogP contribution in [0.1, 0.15) is 64.2 Å². The molecule has 4 aliphatic rings. The number of Topliss-reactive ketones (excluding diaryl/α,β-unsaturated/α-hetero) is 1. The highest BCUT2D eigenvalue weighted by Crippen LogP contribution is 2.35. The number of carbonyl (C=O) groups is 3. The van der Waals surface area contributed by atoms with E-state index in [2.05, 4.69) is 6.08 Å². The first kappa shape index (κ1) is 17.7. The minimum absolute atomic E-state index is 0.0623. The quantitative estimate of drug-likeness (QED) is 0.729. The van der Waals surface area contributed by atoms with Gasteiger partial charge in [0.15, 0.2) is 0 Å². The summed E-state index contributed by atoms with van der Waals surface area (Å²) in [5.74, 6) is 1.63. The first-order chi connectivity index (χ1) is 12.6. The van der Waals surface area contributed by atoms with Crippen molar-refractivity contribution in [3.63, 3.8) is 0 Å². The Hall–Kier alpha value is -1.65. The highest BCUT2D eigenvalue weighted by atomic mass is 16.2. The minimum Gasteiger partial charge on any atom is -0.339 e. The van der Waals surface area contributed by atoms with Crippen LogP contribution >= 0.6 is 0 Å². The molecule has 2 amide bonds. The Bertz CT molecular complexity index is 627. The number of amides is 2. The zero-order valence-corrected chi connectivity index (χ0v) is 15.6. The average Bonchev–Trinajstić information content (AvgIpc) is 3.08. The number of allylic oxidation sites excluding steroid dienone is 1. The van der Waals surface area contributed by atoms with Crippen molar-refractivity contribution in [2.24, 2.45) is 11.8 Å². The first-order valence-electron chi connectivity index (χ1n) is 10.4. The topological polar surface area (TPSA) is 57.7 Å². The molecule has 142 valence electrons. The summed E-state index contributed by atoms with van der Waals surface area (Å²) in [7, 11) is 0. The fourth-order valence-corrected chi connectivity index (χ4v) is 5.39. The molecule has 2 aliphatic carbocycles. The monoisotopic (exact) mass is 358 g/mol. The number of fused-ring (bicyclic) bond motifs is 2. The van der Waals surface area contributed by atoms with Crippen LogP contribution in [0.3, 0.4) is 0 Å². The maximum absolute atomic E-state index is 12.7. The van der Waals surface area contributed by atoms with E-state index in [4.69, 9.17) is 0 Å². The molecule has 5 heteroatoms. The van der Waals surface area contributed by atoms with Crippen molar-refractivity contribution in [2.45, 2.75) is 70.3 Å². The highest BCUT2D eigenvalue weighted by Gasteiger charge is 2.40. The van der Waals surface area contributed by atoms with Gasteiger partial charge in [-0.1, -0.05) is 11.6 Å². The number of nitrogens with zero attached hydrogens (tertiary/aromatic N) is 2. The van der Waals surface area contributed by atoms with Gasteiger partial charge in [-0.3, -0.25) is 14.4 Å². The van der Waals surface area contributed by atoms with Crippen molar-refractivity contribution in [2.75, 3.05) is 19.6 Å². The second kappa shape index (κ2) is 7.53. The molecular formula is C21H30N2O3. The van der Waals surface area contributed by atoms with E-state index in [9.17, 15) is 14.4 Å². The lowest BCUT2D eigenvalue weighted by atomic mass is 9.82. The number of hydrogen-bond acceptors (Lipinski definition) is 3. The summed E-state index contributed by atoms with van der Waals surface area (Å²) in [6.45, 7) is 2.35. The molecule has 26 heavy (non-hydrogen) atoms. The predicted octanol–water partition coefficient (Wildman–Crippen LogP) is 2.70. The summed E-state index contributed by atoms with van der Waals surface area (Å²) in [4.78, 5) is 40.8. The second-order valence-corrected chi connectivity index (χ2v) is 8.50. The van der Waals surface area contributed by atoms with Gasteiger partial charge in [-0.2, -0.15) is 0 Å². The van der Waals surface area contributed by atoms with Crippen LogP contribution in [0.4, 0.5) is 0 Å². The molecule has 2 aliphatic heterocycles. The normalized spacial score (nSPS) is 31.3. The third kappa shape index (κ3) is 3.58. The Labute approximate surface area is 155 Å². The number of ketones is 1. The van der Waals surface area contributed by atoms with Crippen molar-refractivity contribution in [1.82, 2.24) is 9.80 Å². The molecule has 0 aromatic heterocycles. The van der Waals surface area contributed by atoms with Gasteiger partial charge in [0.1, 0.15) is 5.78 Å². The summed E-state index contributed by atoms with van der Waals surface area (Å²) in [6.07, 6.45) is 10.8. The van der Waals surface area contributed by atoms with Gasteiger partial charge in [0.2, 0.25) is 11.8 Å². The lowest BCUT2D eigenvalue weighted by Gasteiger charge is -2.36. The van der Waals surface area contributed by atoms with Gasteiger partial charge >= 0.3 is 0 Å². The lowest BCUT2D eigenvalue weighted by molar-refractivity contribution is -0.139. The van der Waals surface area contributed by atoms with E-state index < -0.39 is 0 Å². The van der Waals surface area contributed by atoms with E-state index in [0.29, 0.717) is 31.1 Å². The number of rotatable bonds is 3. The Morgan fingerprint density at radius 3 is 2.77 bits per heavy atom. The van der Waals surface area contributed by atoms with Crippen LogP contribution in [-0.4, -0.2) is 53.1 Å². The Morgan fingerprint density at radius 2 is 1.88 bits per heavy atom. The molecule has 2 heterocycles. The van der Waals surface area contributed by atoms with Gasteiger partial charge in [-0.25, -0.2) is 0 Å². The lowest BCUT2D eigenvalue weighted by Crippen LogP contribution is -2.43. The van der Waals surface area contributed by atoms with E-state index in [-0.39, 0.29) is 30.1 Å². The molecular weight excluding hydrogens is 328 g/mol. The van der Waals surface area contributed by atoms with Crippen LogP contribution in [-0.2, 0) is 14.4 Å². The van der Waals surface area contributed by atoms with Crippen molar-refractivity contribution < 1.29 is 14.4 Å². The highest BCUT2D eigenvalue weighted by molar-refractivity contribution is 5.86. The predicted molar refractivity (Wildman–Crippen MR) is 98.3 cm³/mol. The van der Waals surface area contributed by atoms with Crippen LogP contribution in [0.25, 0.3) is 0 Å². The first-order valence-corrected chi connectivity index (χ1v) is 10.4. The molecule has 1 saturated carbocycles. The number of piperidine rings is 1. The molecule has 0 bridgehead atoms. The van der Waals surface area contributed by atoms with E-state index in [1.54, 1.807) is 0 Å². The summed E-state index contributed by atoms with van der Waals surface area (Å²) < 4.78 is 0.